The molecule has 10 heteroatoms. The van der Waals surface area contributed by atoms with E-state index in [1.807, 2.05) is 6.07 Å². The summed E-state index contributed by atoms with van der Waals surface area (Å²) in [5.41, 5.74) is 1.15. The first kappa shape index (κ1) is 22.4. The fraction of sp³-hybridized carbons (Fsp3) is 0.217. The summed E-state index contributed by atoms with van der Waals surface area (Å²) in [6, 6.07) is 14.1. The Bertz CT molecular complexity index is 1160. The molecule has 2 aromatic rings. The van der Waals surface area contributed by atoms with Gasteiger partial charge in [-0.05, 0) is 29.8 Å². The molecule has 0 bridgehead atoms. The minimum absolute atomic E-state index is 0.0492. The van der Waals surface area contributed by atoms with Crippen molar-refractivity contribution in [3.05, 3.63) is 77.0 Å². The van der Waals surface area contributed by atoms with Crippen molar-refractivity contribution in [2.24, 2.45) is 0 Å². The molecule has 1 saturated heterocycles. The van der Waals surface area contributed by atoms with Gasteiger partial charge >= 0.3 is 5.97 Å². The van der Waals surface area contributed by atoms with Gasteiger partial charge in [-0.3, -0.25) is 23.5 Å². The molecule has 2 aliphatic rings. The summed E-state index contributed by atoms with van der Waals surface area (Å²) < 4.78 is 18.5. The molecular formula is C23H20N2O7S. The molecule has 0 aromatic heterocycles. The lowest BCUT2D eigenvalue weighted by Crippen LogP contribution is -2.73. The molecule has 2 aliphatic heterocycles. The predicted molar refractivity (Wildman–Crippen MR) is 118 cm³/mol. The first-order valence-corrected chi connectivity index (χ1v) is 11.4. The van der Waals surface area contributed by atoms with Gasteiger partial charge < -0.3 is 15.2 Å². The van der Waals surface area contributed by atoms with E-state index in [1.165, 1.54) is 0 Å². The van der Waals surface area contributed by atoms with Crippen molar-refractivity contribution in [3.8, 4) is 5.75 Å². The molecule has 4 rings (SSSR count). The average Bonchev–Trinajstić information content (AvgIpc) is 2.81. The normalized spacial score (nSPS) is 21.6. The molecule has 33 heavy (non-hydrogen) atoms. The third kappa shape index (κ3) is 4.56. The van der Waals surface area contributed by atoms with Crippen LogP contribution in [-0.4, -0.2) is 62.1 Å². The fourth-order valence-electron chi connectivity index (χ4n) is 3.78. The second-order valence-electron chi connectivity index (χ2n) is 7.56. The second-order valence-corrected chi connectivity index (χ2v) is 9.10. The lowest BCUT2D eigenvalue weighted by Gasteiger charge is -2.49. The van der Waals surface area contributed by atoms with Crippen LogP contribution in [0.4, 0.5) is 0 Å². The average molecular weight is 468 g/mol. The predicted octanol–water partition coefficient (Wildman–Crippen LogP) is 0.875. The van der Waals surface area contributed by atoms with Crippen LogP contribution in [0.2, 0.25) is 0 Å². The molecule has 2 amide bonds. The Labute approximate surface area is 191 Å². The Hall–Kier alpha value is -3.79. The number of aldehydes is 1. The van der Waals surface area contributed by atoms with Gasteiger partial charge in [-0.25, -0.2) is 4.79 Å². The number of aliphatic carboxylic acids is 1. The van der Waals surface area contributed by atoms with E-state index < -0.39 is 40.0 Å². The number of carboxylic acids is 1. The van der Waals surface area contributed by atoms with Crippen molar-refractivity contribution in [1.29, 1.82) is 0 Å². The summed E-state index contributed by atoms with van der Waals surface area (Å²) in [7, 11) is -1.63. The number of fused-ring (bicyclic) bond motifs is 1. The zero-order chi connectivity index (χ0) is 23.5. The smallest absolute Gasteiger partial charge is 0.352 e. The Morgan fingerprint density at radius 2 is 1.85 bits per heavy atom. The van der Waals surface area contributed by atoms with Crippen molar-refractivity contribution in [2.45, 2.75) is 17.8 Å². The van der Waals surface area contributed by atoms with E-state index in [1.54, 1.807) is 48.5 Å². The molecule has 9 nitrogen and oxygen atoms in total. The number of carbonyl (C=O) groups is 4. The maximum atomic E-state index is 12.9. The van der Waals surface area contributed by atoms with Crippen LogP contribution in [0, 0.1) is 0 Å². The van der Waals surface area contributed by atoms with Gasteiger partial charge in [-0.1, -0.05) is 30.3 Å². The van der Waals surface area contributed by atoms with E-state index in [4.69, 9.17) is 4.74 Å². The quantitative estimate of drug-likeness (QED) is 0.434. The molecule has 2 N–H and O–H groups in total. The molecule has 2 heterocycles. The monoisotopic (exact) mass is 468 g/mol. The SMILES string of the molecule is O=Cc1ccc(OCC2=C(C(=O)O)N3C(=O)C(NC(=O)Cc4ccccc4)C3S(=O)C2)cc1. The van der Waals surface area contributed by atoms with E-state index in [9.17, 15) is 28.5 Å². The molecule has 3 atom stereocenters. The number of rotatable bonds is 8. The highest BCUT2D eigenvalue weighted by molar-refractivity contribution is 7.86. The van der Waals surface area contributed by atoms with Gasteiger partial charge in [0.25, 0.3) is 5.91 Å². The van der Waals surface area contributed by atoms with Crippen molar-refractivity contribution in [3.63, 3.8) is 0 Å². The second kappa shape index (κ2) is 9.37. The number of carbonyl (C=O) groups excluding carboxylic acids is 3. The van der Waals surface area contributed by atoms with Crippen LogP contribution in [0.15, 0.2) is 65.9 Å². The maximum absolute atomic E-state index is 12.9. The largest absolute Gasteiger partial charge is 0.489 e. The third-order valence-corrected chi connectivity index (χ3v) is 7.02. The number of hydrogen-bond acceptors (Lipinski definition) is 6. The number of benzene rings is 2. The number of nitrogens with one attached hydrogen (secondary N) is 1. The molecule has 1 fully saturated rings. The standard InChI is InChI=1S/C23H20N2O7S/c26-11-15-6-8-17(9-7-15)32-12-16-13-33(31)22-19(21(28)25(22)20(16)23(29)30)24-18(27)10-14-4-2-1-3-5-14/h1-9,11,19,22H,10,12-13H2,(H,24,27)(H,29,30). The summed E-state index contributed by atoms with van der Waals surface area (Å²) in [5.74, 6) is -2.08. The maximum Gasteiger partial charge on any atom is 0.352 e. The lowest BCUT2D eigenvalue weighted by molar-refractivity contribution is -0.151. The van der Waals surface area contributed by atoms with Gasteiger partial charge in [0.2, 0.25) is 5.91 Å². The molecule has 2 aromatic carbocycles. The van der Waals surface area contributed by atoms with Gasteiger partial charge in [0.1, 0.15) is 35.8 Å². The molecule has 0 radical (unpaired) electrons. The number of amides is 2. The molecule has 0 aliphatic carbocycles. The molecule has 3 unspecified atom stereocenters. The molecule has 170 valence electrons. The topological polar surface area (TPSA) is 130 Å². The zero-order valence-corrected chi connectivity index (χ0v) is 18.1. The van der Waals surface area contributed by atoms with E-state index in [0.29, 0.717) is 17.6 Å². The Morgan fingerprint density at radius 3 is 2.48 bits per heavy atom. The van der Waals surface area contributed by atoms with E-state index >= 15 is 0 Å². The van der Waals surface area contributed by atoms with Crippen LogP contribution in [0.5, 0.6) is 5.75 Å². The molecular weight excluding hydrogens is 448 g/mol. The Kier molecular flexibility index (Phi) is 6.36. The third-order valence-electron chi connectivity index (χ3n) is 5.36. The summed E-state index contributed by atoms with van der Waals surface area (Å²) in [6.07, 6.45) is 0.734. The van der Waals surface area contributed by atoms with Gasteiger partial charge in [-0.15, -0.1) is 0 Å². The highest BCUT2D eigenvalue weighted by Gasteiger charge is 2.57. The number of carboxylic acid groups (broad SMARTS) is 1. The van der Waals surface area contributed by atoms with E-state index in [-0.39, 0.29) is 30.1 Å². The number of hydrogen-bond donors (Lipinski definition) is 2. The van der Waals surface area contributed by atoms with Gasteiger partial charge in [0, 0.05) is 11.1 Å². The summed E-state index contributed by atoms with van der Waals surface area (Å²) in [6.45, 7) is -0.185. The Morgan fingerprint density at radius 1 is 1.15 bits per heavy atom. The van der Waals surface area contributed by atoms with Crippen LogP contribution in [-0.2, 0) is 31.6 Å². The fourth-order valence-corrected chi connectivity index (χ4v) is 5.45. The van der Waals surface area contributed by atoms with Crippen LogP contribution in [0.25, 0.3) is 0 Å². The summed E-state index contributed by atoms with van der Waals surface area (Å²) in [5, 5.41) is 11.4. The highest BCUT2D eigenvalue weighted by Crippen LogP contribution is 2.35. The van der Waals surface area contributed by atoms with Crippen LogP contribution in [0.1, 0.15) is 15.9 Å². The minimum atomic E-state index is -1.63. The first-order chi connectivity index (χ1) is 15.9. The van der Waals surface area contributed by atoms with Crippen molar-refractivity contribution >= 4 is 34.9 Å². The van der Waals surface area contributed by atoms with Crippen molar-refractivity contribution < 1.29 is 33.2 Å². The van der Waals surface area contributed by atoms with Crippen LogP contribution >= 0.6 is 0 Å². The van der Waals surface area contributed by atoms with Gasteiger partial charge in [0.05, 0.1) is 23.0 Å². The summed E-state index contributed by atoms with van der Waals surface area (Å²) >= 11 is 0. The van der Waals surface area contributed by atoms with E-state index in [0.717, 1.165) is 10.5 Å². The minimum Gasteiger partial charge on any atom is -0.489 e. The van der Waals surface area contributed by atoms with Crippen molar-refractivity contribution in [1.82, 2.24) is 10.2 Å². The van der Waals surface area contributed by atoms with Crippen molar-refractivity contribution in [2.75, 3.05) is 12.4 Å². The number of ether oxygens (including phenoxy) is 1. The van der Waals surface area contributed by atoms with Gasteiger partial charge in [-0.2, -0.15) is 0 Å². The van der Waals surface area contributed by atoms with E-state index in [2.05, 4.69) is 5.32 Å². The first-order valence-electron chi connectivity index (χ1n) is 10.1. The lowest BCUT2D eigenvalue weighted by atomic mass is 10.0. The van der Waals surface area contributed by atoms with Crippen LogP contribution in [0.3, 0.4) is 0 Å². The summed E-state index contributed by atoms with van der Waals surface area (Å²) in [4.78, 5) is 48.8. The Balaban J connectivity index is 1.48. The molecule has 0 spiro atoms. The van der Waals surface area contributed by atoms with Gasteiger partial charge in [0.15, 0.2) is 0 Å². The zero-order valence-electron chi connectivity index (χ0n) is 17.3. The number of β-lactam (4-membered cyclic amide) rings is 1. The number of nitrogens with zero attached hydrogens (tertiary/aromatic N) is 1. The molecule has 0 saturated carbocycles. The highest BCUT2D eigenvalue weighted by atomic mass is 32.2. The van der Waals surface area contributed by atoms with Crippen LogP contribution < -0.4 is 10.1 Å².